The number of ether oxygens (including phenoxy) is 2. The third-order valence-electron chi connectivity index (χ3n) is 4.89. The molecule has 1 saturated carbocycles. The quantitative estimate of drug-likeness (QED) is 0.868. The molecule has 0 radical (unpaired) electrons. The van der Waals surface area contributed by atoms with Gasteiger partial charge in [-0.25, -0.2) is 0 Å². The van der Waals surface area contributed by atoms with Crippen molar-refractivity contribution in [2.75, 3.05) is 13.7 Å². The molecule has 1 aliphatic heterocycles. The normalized spacial score (nSPS) is 20.9. The van der Waals surface area contributed by atoms with Crippen molar-refractivity contribution in [1.82, 2.24) is 0 Å². The molecular formula is C17H25NO2. The van der Waals surface area contributed by atoms with Crippen molar-refractivity contribution < 1.29 is 9.47 Å². The van der Waals surface area contributed by atoms with Gasteiger partial charge in [-0.1, -0.05) is 12.1 Å². The molecule has 3 heteroatoms. The molecule has 0 amide bonds. The Morgan fingerprint density at radius 1 is 1.40 bits per heavy atom. The highest BCUT2D eigenvalue weighted by Crippen LogP contribution is 2.39. The molecule has 1 heterocycles. The molecule has 1 unspecified atom stereocenters. The summed E-state index contributed by atoms with van der Waals surface area (Å²) in [6.45, 7) is 0.828. The summed E-state index contributed by atoms with van der Waals surface area (Å²) < 4.78 is 11.2. The van der Waals surface area contributed by atoms with Crippen molar-refractivity contribution in [1.29, 1.82) is 0 Å². The van der Waals surface area contributed by atoms with Crippen molar-refractivity contribution in [3.05, 3.63) is 29.3 Å². The maximum atomic E-state index is 6.30. The molecule has 2 aliphatic rings. The standard InChI is InChI=1S/C17H25NO2/c1-19-17(8-2-9-17)12-15(18)5-3-13-4-6-16-14(11-13)7-10-20-16/h4,6,11,15H,2-3,5,7-10,12,18H2,1H3. The predicted molar refractivity (Wildman–Crippen MR) is 80.1 cm³/mol. The van der Waals surface area contributed by atoms with Crippen LogP contribution in [-0.4, -0.2) is 25.4 Å². The van der Waals surface area contributed by atoms with Crippen molar-refractivity contribution >= 4 is 0 Å². The van der Waals surface area contributed by atoms with E-state index >= 15 is 0 Å². The number of methoxy groups -OCH3 is 1. The van der Waals surface area contributed by atoms with Crippen LogP contribution < -0.4 is 10.5 Å². The number of nitrogens with two attached hydrogens (primary N) is 1. The third kappa shape index (κ3) is 2.84. The average molecular weight is 275 g/mol. The van der Waals surface area contributed by atoms with Crippen LogP contribution in [0.5, 0.6) is 5.75 Å². The molecule has 0 aromatic heterocycles. The molecule has 0 saturated heterocycles. The van der Waals surface area contributed by atoms with Gasteiger partial charge in [0.05, 0.1) is 12.2 Å². The third-order valence-corrected chi connectivity index (χ3v) is 4.89. The first-order valence-corrected chi connectivity index (χ1v) is 7.76. The number of hydrogen-bond acceptors (Lipinski definition) is 3. The van der Waals surface area contributed by atoms with Crippen LogP contribution >= 0.6 is 0 Å². The van der Waals surface area contributed by atoms with E-state index < -0.39 is 0 Å². The van der Waals surface area contributed by atoms with Gasteiger partial charge in [0.15, 0.2) is 0 Å². The fourth-order valence-corrected chi connectivity index (χ4v) is 3.39. The van der Waals surface area contributed by atoms with E-state index in [1.54, 1.807) is 0 Å². The van der Waals surface area contributed by atoms with Crippen LogP contribution in [-0.2, 0) is 17.6 Å². The van der Waals surface area contributed by atoms with E-state index in [4.69, 9.17) is 15.2 Å². The van der Waals surface area contributed by atoms with Crippen LogP contribution in [0.3, 0.4) is 0 Å². The Morgan fingerprint density at radius 2 is 2.25 bits per heavy atom. The van der Waals surface area contributed by atoms with Crippen molar-refractivity contribution in [2.24, 2.45) is 5.73 Å². The monoisotopic (exact) mass is 275 g/mol. The molecule has 2 N–H and O–H groups in total. The summed E-state index contributed by atoms with van der Waals surface area (Å²) in [6.07, 6.45) is 7.75. The number of hydrogen-bond donors (Lipinski definition) is 1. The molecule has 20 heavy (non-hydrogen) atoms. The van der Waals surface area contributed by atoms with Crippen molar-refractivity contribution in [3.8, 4) is 5.75 Å². The van der Waals surface area contributed by atoms with Crippen LogP contribution in [0.25, 0.3) is 0 Å². The lowest BCUT2D eigenvalue weighted by Gasteiger charge is -2.42. The summed E-state index contributed by atoms with van der Waals surface area (Å²) in [5.41, 5.74) is 9.12. The molecule has 0 spiro atoms. The van der Waals surface area contributed by atoms with Gasteiger partial charge in [0.2, 0.25) is 0 Å². The molecule has 1 aromatic rings. The second kappa shape index (κ2) is 5.74. The smallest absolute Gasteiger partial charge is 0.122 e. The van der Waals surface area contributed by atoms with E-state index in [0.717, 1.165) is 38.0 Å². The summed E-state index contributed by atoms with van der Waals surface area (Å²) in [5, 5.41) is 0. The Bertz CT molecular complexity index is 463. The van der Waals surface area contributed by atoms with E-state index in [-0.39, 0.29) is 11.6 Å². The van der Waals surface area contributed by atoms with Gasteiger partial charge in [0.25, 0.3) is 0 Å². The minimum Gasteiger partial charge on any atom is -0.493 e. The van der Waals surface area contributed by atoms with E-state index in [2.05, 4.69) is 18.2 Å². The van der Waals surface area contributed by atoms with Crippen LogP contribution in [0.15, 0.2) is 18.2 Å². The minimum atomic E-state index is 0.0885. The highest BCUT2D eigenvalue weighted by Gasteiger charge is 2.38. The molecule has 110 valence electrons. The molecule has 1 aliphatic carbocycles. The predicted octanol–water partition coefficient (Wildman–Crippen LogP) is 2.84. The van der Waals surface area contributed by atoms with Gasteiger partial charge in [0, 0.05) is 19.6 Å². The van der Waals surface area contributed by atoms with Gasteiger partial charge in [-0.3, -0.25) is 0 Å². The van der Waals surface area contributed by atoms with E-state index in [1.165, 1.54) is 30.4 Å². The second-order valence-corrected chi connectivity index (χ2v) is 6.28. The lowest BCUT2D eigenvalue weighted by atomic mass is 9.75. The zero-order chi connectivity index (χ0) is 14.0. The zero-order valence-corrected chi connectivity index (χ0v) is 12.4. The number of rotatable bonds is 6. The van der Waals surface area contributed by atoms with Gasteiger partial charge in [-0.15, -0.1) is 0 Å². The Labute approximate surface area is 121 Å². The van der Waals surface area contributed by atoms with Crippen LogP contribution in [0.4, 0.5) is 0 Å². The maximum Gasteiger partial charge on any atom is 0.122 e. The maximum absolute atomic E-state index is 6.30. The number of fused-ring (bicyclic) bond motifs is 1. The zero-order valence-electron chi connectivity index (χ0n) is 12.4. The number of aryl methyl sites for hydroxylation is 1. The summed E-state index contributed by atoms with van der Waals surface area (Å²) >= 11 is 0. The van der Waals surface area contributed by atoms with Crippen LogP contribution in [0, 0.1) is 0 Å². The Kier molecular flexibility index (Phi) is 3.99. The lowest BCUT2D eigenvalue weighted by molar-refractivity contribution is -0.0817. The van der Waals surface area contributed by atoms with Crippen molar-refractivity contribution in [2.45, 2.75) is 56.6 Å². The number of benzene rings is 1. The van der Waals surface area contributed by atoms with Gasteiger partial charge in [-0.05, 0) is 55.7 Å². The fraction of sp³-hybridized carbons (Fsp3) is 0.647. The first-order chi connectivity index (χ1) is 9.71. The van der Waals surface area contributed by atoms with Crippen LogP contribution in [0.2, 0.25) is 0 Å². The van der Waals surface area contributed by atoms with Crippen LogP contribution in [0.1, 0.15) is 43.2 Å². The second-order valence-electron chi connectivity index (χ2n) is 6.28. The summed E-state index contributed by atoms with van der Waals surface area (Å²) in [4.78, 5) is 0. The molecule has 3 rings (SSSR count). The average Bonchev–Trinajstić information content (AvgIpc) is 2.88. The fourth-order valence-electron chi connectivity index (χ4n) is 3.39. The Balaban J connectivity index is 1.51. The molecule has 3 nitrogen and oxygen atoms in total. The molecule has 1 fully saturated rings. The molecule has 0 bridgehead atoms. The molecule has 1 atom stereocenters. The van der Waals surface area contributed by atoms with Gasteiger partial charge >= 0.3 is 0 Å². The van der Waals surface area contributed by atoms with Gasteiger partial charge < -0.3 is 15.2 Å². The SMILES string of the molecule is COC1(CC(N)CCc2ccc3c(c2)CCO3)CCC1. The van der Waals surface area contributed by atoms with E-state index in [0.29, 0.717) is 0 Å². The van der Waals surface area contributed by atoms with Gasteiger partial charge in [0.1, 0.15) is 5.75 Å². The molecular weight excluding hydrogens is 250 g/mol. The van der Waals surface area contributed by atoms with E-state index in [9.17, 15) is 0 Å². The largest absolute Gasteiger partial charge is 0.493 e. The minimum absolute atomic E-state index is 0.0885. The summed E-state index contributed by atoms with van der Waals surface area (Å²) in [7, 11) is 1.83. The summed E-state index contributed by atoms with van der Waals surface area (Å²) in [5.74, 6) is 1.06. The van der Waals surface area contributed by atoms with Gasteiger partial charge in [-0.2, -0.15) is 0 Å². The topological polar surface area (TPSA) is 44.5 Å². The summed E-state index contributed by atoms with van der Waals surface area (Å²) in [6, 6.07) is 6.79. The van der Waals surface area contributed by atoms with Crippen molar-refractivity contribution in [3.63, 3.8) is 0 Å². The first kappa shape index (κ1) is 13.9. The Hall–Kier alpha value is -1.06. The lowest BCUT2D eigenvalue weighted by Crippen LogP contribution is -2.44. The first-order valence-electron chi connectivity index (χ1n) is 7.76. The highest BCUT2D eigenvalue weighted by atomic mass is 16.5. The Morgan fingerprint density at radius 3 is 2.95 bits per heavy atom. The van der Waals surface area contributed by atoms with E-state index in [1.807, 2.05) is 7.11 Å². The highest BCUT2D eigenvalue weighted by molar-refractivity contribution is 5.39. The molecule has 1 aromatic carbocycles.